The average molecular weight is 543 g/mol. The summed E-state index contributed by atoms with van der Waals surface area (Å²) < 4.78 is 38.4. The predicted octanol–water partition coefficient (Wildman–Crippen LogP) is 9.23. The summed E-state index contributed by atoms with van der Waals surface area (Å²) in [6, 6.07) is 40.4. The van der Waals surface area contributed by atoms with E-state index in [0.717, 1.165) is 40.7 Å². The maximum atomic E-state index is 12.8. The number of benzene rings is 5. The molecule has 3 heteroatoms. The maximum Gasteiger partial charge on any atom is 0.393 e. The van der Waals surface area contributed by atoms with Crippen molar-refractivity contribution >= 4 is 17.7 Å². The summed E-state index contributed by atoms with van der Waals surface area (Å²) in [5, 5.41) is 2.55. The number of alkyl halides is 3. The van der Waals surface area contributed by atoms with Gasteiger partial charge in [-0.1, -0.05) is 140 Å². The molecule has 0 radical (unpaired) electrons. The highest BCUT2D eigenvalue weighted by molar-refractivity contribution is 5.76. The van der Waals surface area contributed by atoms with Gasteiger partial charge < -0.3 is 0 Å². The predicted molar refractivity (Wildman–Crippen MR) is 164 cm³/mol. The Morgan fingerprint density at radius 2 is 1.00 bits per heavy atom. The highest BCUT2D eigenvalue weighted by atomic mass is 19.4. The second kappa shape index (κ2) is 11.5. The first kappa shape index (κ1) is 26.6. The first-order chi connectivity index (χ1) is 19.9. The topological polar surface area (TPSA) is 0 Å². The molecule has 1 aliphatic carbocycles. The molecule has 0 aliphatic heterocycles. The molecule has 0 atom stereocenters. The summed E-state index contributed by atoms with van der Waals surface area (Å²) in [7, 11) is 0. The van der Waals surface area contributed by atoms with Gasteiger partial charge in [0.2, 0.25) is 0 Å². The SMILES string of the molecule is FC(F)(F)Cc1cccc(-c2ccc(-c3ccc(-c4ccc(/C5=C/C=c6/cccc/c6=C/CC5)cc4)cc3)cc2)c1. The largest absolute Gasteiger partial charge is 0.393 e. The fourth-order valence-electron chi connectivity index (χ4n) is 5.43. The van der Waals surface area contributed by atoms with Gasteiger partial charge in [-0.25, -0.2) is 0 Å². The molecular weight excluding hydrogens is 513 g/mol. The van der Waals surface area contributed by atoms with E-state index in [2.05, 4.69) is 91.0 Å². The van der Waals surface area contributed by atoms with Crippen LogP contribution in [0.4, 0.5) is 13.2 Å². The molecule has 0 spiro atoms. The molecule has 0 nitrogen and oxygen atoms in total. The lowest BCUT2D eigenvalue weighted by molar-refractivity contribution is -0.127. The Hall–Kier alpha value is -4.63. The quantitative estimate of drug-likeness (QED) is 0.208. The van der Waals surface area contributed by atoms with Crippen LogP contribution in [-0.4, -0.2) is 6.18 Å². The van der Waals surface area contributed by atoms with E-state index < -0.39 is 12.6 Å². The van der Waals surface area contributed by atoms with E-state index in [4.69, 9.17) is 0 Å². The van der Waals surface area contributed by atoms with Crippen molar-refractivity contribution in [2.45, 2.75) is 25.4 Å². The van der Waals surface area contributed by atoms with Gasteiger partial charge in [0.25, 0.3) is 0 Å². The zero-order chi connectivity index (χ0) is 28.2. The third-order valence-electron chi connectivity index (χ3n) is 7.60. The van der Waals surface area contributed by atoms with Crippen molar-refractivity contribution in [2.24, 2.45) is 0 Å². The second-order valence-corrected chi connectivity index (χ2v) is 10.5. The van der Waals surface area contributed by atoms with Crippen molar-refractivity contribution in [2.75, 3.05) is 0 Å². The van der Waals surface area contributed by atoms with Crippen molar-refractivity contribution in [3.63, 3.8) is 0 Å². The van der Waals surface area contributed by atoms with Gasteiger partial charge in [-0.05, 0) is 73.4 Å². The van der Waals surface area contributed by atoms with Crippen LogP contribution in [0.25, 0.3) is 51.1 Å². The second-order valence-electron chi connectivity index (χ2n) is 10.5. The van der Waals surface area contributed by atoms with E-state index in [0.29, 0.717) is 0 Å². The zero-order valence-corrected chi connectivity index (χ0v) is 22.5. The van der Waals surface area contributed by atoms with Crippen LogP contribution in [0, 0.1) is 0 Å². The Morgan fingerprint density at radius 3 is 1.56 bits per heavy atom. The molecule has 0 aromatic heterocycles. The van der Waals surface area contributed by atoms with Gasteiger partial charge in [-0.15, -0.1) is 0 Å². The van der Waals surface area contributed by atoms with Crippen molar-refractivity contribution in [3.05, 3.63) is 149 Å². The minimum Gasteiger partial charge on any atom is -0.171 e. The standard InChI is InChI=1S/C38H29F3/c39-38(40,41)26-27-5-3-10-37(25-27)36-23-21-35(22-24-36)34-19-17-33(18-20-34)32-15-13-31(14-16-32)30-9-4-8-28-6-1-2-7-29(28)11-12-30/h1-3,5-8,10-25H,4,9,26H2/b28-8-,29-11-,30-12+. The van der Waals surface area contributed by atoms with Crippen LogP contribution in [0.1, 0.15) is 24.0 Å². The van der Waals surface area contributed by atoms with Crippen molar-refractivity contribution < 1.29 is 13.2 Å². The fraction of sp³-hybridized carbons (Fsp3) is 0.105. The smallest absolute Gasteiger partial charge is 0.171 e. The number of rotatable bonds is 5. The van der Waals surface area contributed by atoms with Gasteiger partial charge in [-0.2, -0.15) is 13.2 Å². The van der Waals surface area contributed by atoms with Crippen molar-refractivity contribution in [3.8, 4) is 33.4 Å². The highest BCUT2D eigenvalue weighted by Gasteiger charge is 2.27. The lowest BCUT2D eigenvalue weighted by atomic mass is 9.95. The lowest BCUT2D eigenvalue weighted by Gasteiger charge is -2.10. The molecule has 0 bridgehead atoms. The maximum absolute atomic E-state index is 12.8. The molecule has 0 fully saturated rings. The number of halogens is 3. The minimum atomic E-state index is -4.21. The van der Waals surface area contributed by atoms with Crippen LogP contribution in [0.15, 0.2) is 127 Å². The number of hydrogen-bond acceptors (Lipinski definition) is 0. The summed E-state index contributed by atoms with van der Waals surface area (Å²) in [5.74, 6) is 0. The Morgan fingerprint density at radius 1 is 0.488 bits per heavy atom. The summed E-state index contributed by atoms with van der Waals surface area (Å²) in [6.45, 7) is 0. The summed E-state index contributed by atoms with van der Waals surface area (Å²) in [5.41, 5.74) is 9.02. The normalized spacial score (nSPS) is 16.1. The van der Waals surface area contributed by atoms with E-state index in [1.165, 1.54) is 33.2 Å². The van der Waals surface area contributed by atoms with Gasteiger partial charge in [0.05, 0.1) is 6.42 Å². The van der Waals surface area contributed by atoms with Crippen LogP contribution in [0.2, 0.25) is 0 Å². The molecular formula is C38H29F3. The molecule has 1 aliphatic rings. The molecule has 0 unspecified atom stereocenters. The van der Waals surface area contributed by atoms with Gasteiger partial charge >= 0.3 is 6.18 Å². The third-order valence-corrected chi connectivity index (χ3v) is 7.60. The molecule has 0 heterocycles. The van der Waals surface area contributed by atoms with Gasteiger partial charge in [0.1, 0.15) is 0 Å². The summed E-state index contributed by atoms with van der Waals surface area (Å²) >= 11 is 0. The van der Waals surface area contributed by atoms with E-state index in [9.17, 15) is 13.2 Å². The molecule has 202 valence electrons. The summed E-state index contributed by atoms with van der Waals surface area (Å²) in [4.78, 5) is 0. The average Bonchev–Trinajstić information content (AvgIpc) is 2.97. The Kier molecular flexibility index (Phi) is 7.43. The van der Waals surface area contributed by atoms with Crippen LogP contribution >= 0.6 is 0 Å². The summed E-state index contributed by atoms with van der Waals surface area (Å²) in [6.07, 6.45) is 3.68. The third kappa shape index (κ3) is 6.41. The van der Waals surface area contributed by atoms with E-state index in [1.54, 1.807) is 12.1 Å². The fourth-order valence-corrected chi connectivity index (χ4v) is 5.43. The molecule has 6 rings (SSSR count). The van der Waals surface area contributed by atoms with E-state index >= 15 is 0 Å². The molecule has 5 aromatic carbocycles. The molecule has 0 amide bonds. The molecule has 5 aromatic rings. The van der Waals surface area contributed by atoms with Crippen LogP contribution in [-0.2, 0) is 6.42 Å². The molecule has 0 saturated heterocycles. The van der Waals surface area contributed by atoms with E-state index in [1.807, 2.05) is 30.3 Å². The van der Waals surface area contributed by atoms with Crippen LogP contribution in [0.5, 0.6) is 0 Å². The minimum absolute atomic E-state index is 0.270. The van der Waals surface area contributed by atoms with Gasteiger partial charge in [-0.3, -0.25) is 0 Å². The zero-order valence-electron chi connectivity index (χ0n) is 22.5. The first-order valence-corrected chi connectivity index (χ1v) is 13.8. The number of allylic oxidation sites excluding steroid dienone is 2. The van der Waals surface area contributed by atoms with Crippen LogP contribution < -0.4 is 10.4 Å². The molecule has 41 heavy (non-hydrogen) atoms. The Bertz CT molecular complexity index is 1810. The van der Waals surface area contributed by atoms with Crippen LogP contribution in [0.3, 0.4) is 0 Å². The van der Waals surface area contributed by atoms with E-state index in [-0.39, 0.29) is 5.56 Å². The van der Waals surface area contributed by atoms with Crippen molar-refractivity contribution in [1.29, 1.82) is 0 Å². The number of hydrogen-bond donors (Lipinski definition) is 0. The van der Waals surface area contributed by atoms with Gasteiger partial charge in [0.15, 0.2) is 0 Å². The lowest BCUT2D eigenvalue weighted by Crippen LogP contribution is -2.23. The molecule has 0 N–H and O–H groups in total. The Balaban J connectivity index is 1.16. The van der Waals surface area contributed by atoms with Crippen molar-refractivity contribution in [1.82, 2.24) is 0 Å². The first-order valence-electron chi connectivity index (χ1n) is 13.8. The van der Waals surface area contributed by atoms with Gasteiger partial charge in [0, 0.05) is 0 Å². The molecule has 0 saturated carbocycles. The monoisotopic (exact) mass is 542 g/mol. The number of fused-ring (bicyclic) bond motifs is 1. The Labute approximate surface area is 238 Å². The highest BCUT2D eigenvalue weighted by Crippen LogP contribution is 2.30.